The Morgan fingerprint density at radius 2 is 1.94 bits per heavy atom. The van der Waals surface area contributed by atoms with Gasteiger partial charge in [-0.2, -0.15) is 0 Å². The van der Waals surface area contributed by atoms with Crippen molar-refractivity contribution in [1.82, 2.24) is 5.32 Å². The molecule has 18 heavy (non-hydrogen) atoms. The molecular formula is C13H20Cl3NO. The van der Waals surface area contributed by atoms with Crippen molar-refractivity contribution in [2.24, 2.45) is 0 Å². The van der Waals surface area contributed by atoms with Crippen molar-refractivity contribution >= 4 is 35.6 Å². The first-order valence-electron chi connectivity index (χ1n) is 5.93. The van der Waals surface area contributed by atoms with Crippen molar-refractivity contribution in [2.45, 2.75) is 32.3 Å². The van der Waals surface area contributed by atoms with Crippen LogP contribution in [0.2, 0.25) is 10.0 Å². The Labute approximate surface area is 125 Å². The smallest absolute Gasteiger partial charge is 0.121 e. The summed E-state index contributed by atoms with van der Waals surface area (Å²) in [4.78, 5) is 0. The Kier molecular flexibility index (Phi) is 9.66. The highest BCUT2D eigenvalue weighted by Gasteiger charge is 2.10. The summed E-state index contributed by atoms with van der Waals surface area (Å²) in [7, 11) is 1.95. The summed E-state index contributed by atoms with van der Waals surface area (Å²) in [6.07, 6.45) is 3.37. The van der Waals surface area contributed by atoms with Gasteiger partial charge in [0.1, 0.15) is 5.75 Å². The molecule has 104 valence electrons. The maximum absolute atomic E-state index is 5.95. The predicted octanol–water partition coefficient (Wildman–Crippen LogP) is 4.57. The van der Waals surface area contributed by atoms with E-state index in [-0.39, 0.29) is 18.5 Å². The maximum Gasteiger partial charge on any atom is 0.121 e. The van der Waals surface area contributed by atoms with Gasteiger partial charge in [-0.1, -0.05) is 36.5 Å². The van der Waals surface area contributed by atoms with E-state index in [9.17, 15) is 0 Å². The van der Waals surface area contributed by atoms with Crippen LogP contribution in [0.15, 0.2) is 18.2 Å². The lowest BCUT2D eigenvalue weighted by Crippen LogP contribution is -2.22. The second-order valence-corrected chi connectivity index (χ2v) is 4.81. The van der Waals surface area contributed by atoms with E-state index in [2.05, 4.69) is 12.2 Å². The lowest BCUT2D eigenvalue weighted by atomic mass is 10.1. The molecule has 0 amide bonds. The number of benzene rings is 1. The Morgan fingerprint density at radius 1 is 1.22 bits per heavy atom. The summed E-state index contributed by atoms with van der Waals surface area (Å²) in [6, 6.07) is 5.39. The van der Waals surface area contributed by atoms with Gasteiger partial charge in [0.15, 0.2) is 0 Å². The fourth-order valence-electron chi connectivity index (χ4n) is 1.63. The maximum atomic E-state index is 5.95. The Bertz CT molecular complexity index is 347. The normalized spacial score (nSPS) is 11.8. The monoisotopic (exact) mass is 311 g/mol. The molecule has 0 radical (unpaired) electrons. The minimum absolute atomic E-state index is 0. The van der Waals surface area contributed by atoms with Gasteiger partial charge in [-0.25, -0.2) is 0 Å². The summed E-state index contributed by atoms with van der Waals surface area (Å²) in [6.45, 7) is 3.11. The lowest BCUT2D eigenvalue weighted by Gasteiger charge is -2.18. The number of hydrogen-bond donors (Lipinski definition) is 1. The highest BCUT2D eigenvalue weighted by atomic mass is 35.5. The highest BCUT2D eigenvalue weighted by Crippen LogP contribution is 2.27. The zero-order chi connectivity index (χ0) is 12.7. The molecule has 0 bridgehead atoms. The second-order valence-electron chi connectivity index (χ2n) is 4.00. The van der Waals surface area contributed by atoms with Gasteiger partial charge in [-0.3, -0.25) is 0 Å². The number of hydrogen-bond acceptors (Lipinski definition) is 2. The Hall–Kier alpha value is -0.150. The van der Waals surface area contributed by atoms with Crippen molar-refractivity contribution < 1.29 is 4.74 Å². The van der Waals surface area contributed by atoms with E-state index < -0.39 is 0 Å². The molecule has 0 spiro atoms. The number of ether oxygens (including phenoxy) is 1. The SMILES string of the molecule is CCC[C@H](CCNC)Oc1ccc(Cl)c(Cl)c1.Cl. The van der Waals surface area contributed by atoms with Crippen molar-refractivity contribution in [2.75, 3.05) is 13.6 Å². The predicted molar refractivity (Wildman–Crippen MR) is 81.6 cm³/mol. The molecule has 1 aromatic carbocycles. The van der Waals surface area contributed by atoms with Gasteiger partial charge in [0.2, 0.25) is 0 Å². The molecule has 0 aliphatic heterocycles. The molecule has 0 saturated carbocycles. The molecule has 1 atom stereocenters. The van der Waals surface area contributed by atoms with Crippen molar-refractivity contribution in [3.8, 4) is 5.75 Å². The van der Waals surface area contributed by atoms with Crippen LogP contribution in [0.25, 0.3) is 0 Å². The average Bonchev–Trinajstić information content (AvgIpc) is 2.31. The van der Waals surface area contributed by atoms with E-state index in [1.165, 1.54) is 0 Å². The number of rotatable bonds is 7. The van der Waals surface area contributed by atoms with Crippen LogP contribution in [-0.4, -0.2) is 19.7 Å². The Balaban J connectivity index is 0.00000289. The zero-order valence-corrected chi connectivity index (χ0v) is 13.0. The van der Waals surface area contributed by atoms with Crippen molar-refractivity contribution in [3.63, 3.8) is 0 Å². The molecule has 2 nitrogen and oxygen atoms in total. The topological polar surface area (TPSA) is 21.3 Å². The fourth-order valence-corrected chi connectivity index (χ4v) is 1.92. The highest BCUT2D eigenvalue weighted by molar-refractivity contribution is 6.42. The summed E-state index contributed by atoms with van der Waals surface area (Å²) < 4.78 is 5.91. The first-order valence-corrected chi connectivity index (χ1v) is 6.69. The van der Waals surface area contributed by atoms with Gasteiger partial charge >= 0.3 is 0 Å². The third-order valence-electron chi connectivity index (χ3n) is 2.52. The van der Waals surface area contributed by atoms with E-state index in [1.807, 2.05) is 13.1 Å². The van der Waals surface area contributed by atoms with Gasteiger partial charge in [-0.05, 0) is 38.6 Å². The fraction of sp³-hybridized carbons (Fsp3) is 0.538. The van der Waals surface area contributed by atoms with Crippen LogP contribution < -0.4 is 10.1 Å². The van der Waals surface area contributed by atoms with E-state index in [1.54, 1.807) is 12.1 Å². The molecular weight excluding hydrogens is 293 g/mol. The van der Waals surface area contributed by atoms with Gasteiger partial charge in [-0.15, -0.1) is 12.4 Å². The molecule has 0 aliphatic carbocycles. The van der Waals surface area contributed by atoms with E-state index in [4.69, 9.17) is 27.9 Å². The van der Waals surface area contributed by atoms with Crippen LogP contribution >= 0.6 is 35.6 Å². The zero-order valence-electron chi connectivity index (χ0n) is 10.7. The van der Waals surface area contributed by atoms with E-state index in [0.717, 1.165) is 31.6 Å². The number of nitrogens with one attached hydrogen (secondary N) is 1. The molecule has 1 rings (SSSR count). The van der Waals surface area contributed by atoms with Gasteiger partial charge in [0, 0.05) is 6.07 Å². The van der Waals surface area contributed by atoms with Gasteiger partial charge in [0.05, 0.1) is 16.1 Å². The van der Waals surface area contributed by atoms with E-state index >= 15 is 0 Å². The molecule has 0 saturated heterocycles. The van der Waals surface area contributed by atoms with E-state index in [0.29, 0.717) is 10.0 Å². The molecule has 1 N–H and O–H groups in total. The average molecular weight is 313 g/mol. The minimum atomic E-state index is 0. The first-order chi connectivity index (χ1) is 8.17. The van der Waals surface area contributed by atoms with Crippen LogP contribution in [0.4, 0.5) is 0 Å². The second kappa shape index (κ2) is 9.74. The van der Waals surface area contributed by atoms with Gasteiger partial charge < -0.3 is 10.1 Å². The first kappa shape index (κ1) is 17.8. The largest absolute Gasteiger partial charge is 0.490 e. The summed E-state index contributed by atoms with van der Waals surface area (Å²) in [5.41, 5.74) is 0. The standard InChI is InChI=1S/C13H19Cl2NO.ClH/c1-3-4-10(7-8-16-2)17-11-5-6-12(14)13(15)9-11;/h5-6,9-10,16H,3-4,7-8H2,1-2H3;1H/t10-;/m1./s1. The summed E-state index contributed by atoms with van der Waals surface area (Å²) in [5.74, 6) is 0.786. The van der Waals surface area contributed by atoms with Crippen LogP contribution in [0.1, 0.15) is 26.2 Å². The van der Waals surface area contributed by atoms with Gasteiger partial charge in [0.25, 0.3) is 0 Å². The van der Waals surface area contributed by atoms with Crippen LogP contribution in [-0.2, 0) is 0 Å². The Morgan fingerprint density at radius 3 is 2.50 bits per heavy atom. The van der Waals surface area contributed by atoms with Crippen molar-refractivity contribution in [3.05, 3.63) is 28.2 Å². The molecule has 0 unspecified atom stereocenters. The molecule has 0 aliphatic rings. The van der Waals surface area contributed by atoms with Crippen LogP contribution in [0, 0.1) is 0 Å². The molecule has 1 aromatic rings. The molecule has 0 aromatic heterocycles. The lowest BCUT2D eigenvalue weighted by molar-refractivity contribution is 0.180. The van der Waals surface area contributed by atoms with Crippen LogP contribution in [0.3, 0.4) is 0 Å². The minimum Gasteiger partial charge on any atom is -0.490 e. The van der Waals surface area contributed by atoms with Crippen LogP contribution in [0.5, 0.6) is 5.75 Å². The molecule has 5 heteroatoms. The summed E-state index contributed by atoms with van der Waals surface area (Å²) in [5, 5.41) is 4.23. The third-order valence-corrected chi connectivity index (χ3v) is 3.26. The molecule has 0 fully saturated rings. The third kappa shape index (κ3) is 6.14. The van der Waals surface area contributed by atoms with Crippen molar-refractivity contribution in [1.29, 1.82) is 0 Å². The summed E-state index contributed by atoms with van der Waals surface area (Å²) >= 11 is 11.8. The quantitative estimate of drug-likeness (QED) is 0.796. The number of halogens is 3. The molecule has 0 heterocycles.